The van der Waals surface area contributed by atoms with Gasteiger partial charge in [0.25, 0.3) is 0 Å². The van der Waals surface area contributed by atoms with E-state index in [-0.39, 0.29) is 30.3 Å². The van der Waals surface area contributed by atoms with Gasteiger partial charge in [0.15, 0.2) is 9.84 Å². The van der Waals surface area contributed by atoms with Crippen molar-refractivity contribution in [1.29, 1.82) is 0 Å². The van der Waals surface area contributed by atoms with Gasteiger partial charge in [0.1, 0.15) is 12.3 Å². The van der Waals surface area contributed by atoms with E-state index in [9.17, 15) is 18.0 Å². The van der Waals surface area contributed by atoms with Gasteiger partial charge in [0, 0.05) is 12.0 Å². The van der Waals surface area contributed by atoms with Crippen LogP contribution in [0.5, 0.6) is 5.75 Å². The predicted molar refractivity (Wildman–Crippen MR) is 136 cm³/mol. The molecule has 5 rings (SSSR count). The third-order valence-electron chi connectivity index (χ3n) is 7.60. The molecular formula is C27H33N3O5S. The van der Waals surface area contributed by atoms with E-state index >= 15 is 0 Å². The van der Waals surface area contributed by atoms with Crippen LogP contribution in [-0.2, 0) is 26.6 Å². The zero-order chi connectivity index (χ0) is 25.2. The van der Waals surface area contributed by atoms with Crippen LogP contribution < -0.4 is 15.4 Å². The lowest BCUT2D eigenvalue weighted by atomic mass is 9.74. The number of amides is 3. The summed E-state index contributed by atoms with van der Waals surface area (Å²) in [7, 11) is -3.57. The molecule has 8 nitrogen and oxygen atoms in total. The van der Waals surface area contributed by atoms with Gasteiger partial charge in [-0.05, 0) is 80.9 Å². The zero-order valence-corrected chi connectivity index (χ0v) is 21.2. The highest BCUT2D eigenvalue weighted by Gasteiger charge is 2.39. The zero-order valence-electron chi connectivity index (χ0n) is 20.4. The van der Waals surface area contributed by atoms with Crippen molar-refractivity contribution in [2.75, 3.05) is 25.4 Å². The second-order valence-corrected chi connectivity index (χ2v) is 12.2. The first-order valence-corrected chi connectivity index (χ1v) is 14.4. The Bertz CT molecular complexity index is 1220. The molecule has 2 aromatic carbocycles. The summed E-state index contributed by atoms with van der Waals surface area (Å²) in [5.41, 5.74) is 1.37. The highest BCUT2D eigenvalue weighted by atomic mass is 32.2. The monoisotopic (exact) mass is 511 g/mol. The highest BCUT2D eigenvalue weighted by molar-refractivity contribution is 7.91. The number of carbonyl (C=O) groups excluding carboxylic acids is 2. The number of benzene rings is 2. The molecule has 0 spiro atoms. The number of hydrogen-bond acceptors (Lipinski definition) is 6. The number of nitrogens with zero attached hydrogens (tertiary/aromatic N) is 1. The van der Waals surface area contributed by atoms with Crippen molar-refractivity contribution in [2.24, 2.45) is 0 Å². The van der Waals surface area contributed by atoms with Gasteiger partial charge < -0.3 is 15.0 Å². The molecule has 0 unspecified atom stereocenters. The molecule has 192 valence electrons. The van der Waals surface area contributed by atoms with Crippen LogP contribution in [0, 0.1) is 0 Å². The number of piperidine rings is 1. The second-order valence-electron chi connectivity index (χ2n) is 10.2. The number of rotatable bonds is 8. The summed E-state index contributed by atoms with van der Waals surface area (Å²) in [6, 6.07) is 14.4. The molecule has 1 aliphatic carbocycles. The van der Waals surface area contributed by atoms with Crippen molar-refractivity contribution < 1.29 is 22.7 Å². The Morgan fingerprint density at radius 3 is 2.39 bits per heavy atom. The Morgan fingerprint density at radius 2 is 1.72 bits per heavy atom. The van der Waals surface area contributed by atoms with Gasteiger partial charge >= 0.3 is 6.03 Å². The minimum absolute atomic E-state index is 0.0247. The molecule has 3 amide bonds. The van der Waals surface area contributed by atoms with E-state index in [1.54, 1.807) is 18.2 Å². The lowest BCUT2D eigenvalue weighted by Gasteiger charge is -2.38. The summed E-state index contributed by atoms with van der Waals surface area (Å²) in [4.78, 5) is 25.1. The number of urea groups is 1. The third kappa shape index (κ3) is 5.42. The number of hydrogen-bond donors (Lipinski definition) is 2. The van der Waals surface area contributed by atoms with Gasteiger partial charge in [-0.2, -0.15) is 0 Å². The Balaban J connectivity index is 1.35. The van der Waals surface area contributed by atoms with E-state index in [4.69, 9.17) is 4.74 Å². The fourth-order valence-corrected chi connectivity index (χ4v) is 7.53. The number of nitrogens with one attached hydrogen (secondary N) is 2. The van der Waals surface area contributed by atoms with Crippen LogP contribution >= 0.6 is 0 Å². The molecule has 0 bridgehead atoms. The summed E-state index contributed by atoms with van der Waals surface area (Å²) in [6.45, 7) is 1.88. The standard InChI is InChI=1S/C27H33N3O5S/c31-25-18-30(26(32)29-25)17-20-8-10-21(11-9-20)27(12-14-28-15-13-27)19-36(33,34)24-7-3-6-23(16-24)35-22-4-1-2-5-22/h3,6-11,16,22,28H,1-2,4-5,12-15,17-19H2,(H,29,31,32). The van der Waals surface area contributed by atoms with Gasteiger partial charge in [-0.25, -0.2) is 13.2 Å². The van der Waals surface area contributed by atoms with E-state index in [1.807, 2.05) is 30.3 Å². The van der Waals surface area contributed by atoms with Crippen molar-refractivity contribution in [2.45, 2.75) is 61.5 Å². The maximum Gasteiger partial charge on any atom is 0.324 e. The first kappa shape index (κ1) is 24.8. The van der Waals surface area contributed by atoms with Crippen molar-refractivity contribution >= 4 is 21.8 Å². The molecule has 0 atom stereocenters. The Morgan fingerprint density at radius 1 is 1.00 bits per heavy atom. The predicted octanol–water partition coefficient (Wildman–Crippen LogP) is 3.15. The van der Waals surface area contributed by atoms with Crippen molar-refractivity contribution in [3.63, 3.8) is 0 Å². The average molecular weight is 512 g/mol. The van der Waals surface area contributed by atoms with Crippen LogP contribution in [0.15, 0.2) is 53.4 Å². The largest absolute Gasteiger partial charge is 0.490 e. The van der Waals surface area contributed by atoms with E-state index in [0.29, 0.717) is 30.0 Å². The topological polar surface area (TPSA) is 105 Å². The maximum atomic E-state index is 13.7. The minimum atomic E-state index is -3.57. The molecule has 1 saturated carbocycles. The van der Waals surface area contributed by atoms with Crippen molar-refractivity contribution in [3.8, 4) is 5.75 Å². The van der Waals surface area contributed by atoms with Gasteiger partial charge in [-0.1, -0.05) is 30.3 Å². The molecule has 36 heavy (non-hydrogen) atoms. The fourth-order valence-electron chi connectivity index (χ4n) is 5.60. The number of ether oxygens (including phenoxy) is 1. The van der Waals surface area contributed by atoms with Crippen LogP contribution in [0.2, 0.25) is 0 Å². The Kier molecular flexibility index (Phi) is 7.03. The van der Waals surface area contributed by atoms with Crippen LogP contribution in [0.1, 0.15) is 49.7 Å². The number of carbonyl (C=O) groups is 2. The smallest absolute Gasteiger partial charge is 0.324 e. The van der Waals surface area contributed by atoms with Crippen LogP contribution in [0.25, 0.3) is 0 Å². The first-order chi connectivity index (χ1) is 17.3. The maximum absolute atomic E-state index is 13.7. The first-order valence-electron chi connectivity index (χ1n) is 12.7. The Hall–Kier alpha value is -2.91. The van der Waals surface area contributed by atoms with Gasteiger partial charge in [0.05, 0.1) is 16.8 Å². The van der Waals surface area contributed by atoms with Crippen LogP contribution in [0.3, 0.4) is 0 Å². The van der Waals surface area contributed by atoms with E-state index in [1.165, 1.54) is 4.90 Å². The molecule has 2 heterocycles. The van der Waals surface area contributed by atoms with Crippen LogP contribution in [-0.4, -0.2) is 56.7 Å². The van der Waals surface area contributed by atoms with E-state index in [2.05, 4.69) is 10.6 Å². The summed E-state index contributed by atoms with van der Waals surface area (Å²) in [5.74, 6) is 0.348. The molecule has 3 aliphatic rings. The lowest BCUT2D eigenvalue weighted by Crippen LogP contribution is -2.44. The lowest BCUT2D eigenvalue weighted by molar-refractivity contribution is -0.118. The summed E-state index contributed by atoms with van der Waals surface area (Å²) < 4.78 is 33.4. The molecule has 0 aromatic heterocycles. The Labute approximate surface area is 212 Å². The number of sulfone groups is 1. The van der Waals surface area contributed by atoms with E-state index in [0.717, 1.165) is 49.9 Å². The molecule has 3 fully saturated rings. The van der Waals surface area contributed by atoms with E-state index < -0.39 is 15.3 Å². The molecule has 2 N–H and O–H groups in total. The molecular weight excluding hydrogens is 478 g/mol. The third-order valence-corrected chi connectivity index (χ3v) is 9.51. The number of imide groups is 1. The van der Waals surface area contributed by atoms with Gasteiger partial charge in [0.2, 0.25) is 5.91 Å². The van der Waals surface area contributed by atoms with Crippen LogP contribution in [0.4, 0.5) is 4.79 Å². The van der Waals surface area contributed by atoms with Gasteiger partial charge in [-0.15, -0.1) is 0 Å². The summed E-state index contributed by atoms with van der Waals surface area (Å²) in [6.07, 6.45) is 5.94. The summed E-state index contributed by atoms with van der Waals surface area (Å²) in [5, 5.41) is 5.64. The highest BCUT2D eigenvalue weighted by Crippen LogP contribution is 2.37. The molecule has 9 heteroatoms. The normalized spacial score (nSPS) is 20.5. The van der Waals surface area contributed by atoms with Gasteiger partial charge in [-0.3, -0.25) is 10.1 Å². The molecule has 2 saturated heterocycles. The fraction of sp³-hybridized carbons (Fsp3) is 0.481. The van der Waals surface area contributed by atoms with Crippen molar-refractivity contribution in [3.05, 3.63) is 59.7 Å². The molecule has 2 aliphatic heterocycles. The average Bonchev–Trinajstić information content (AvgIpc) is 3.48. The molecule has 0 radical (unpaired) electrons. The SMILES string of the molecule is O=C1CN(Cc2ccc(C3(CS(=O)(=O)c4cccc(OC5CCCC5)c4)CCNCC3)cc2)C(=O)N1. The summed E-state index contributed by atoms with van der Waals surface area (Å²) >= 11 is 0. The molecule has 2 aromatic rings. The minimum Gasteiger partial charge on any atom is -0.490 e. The van der Waals surface area contributed by atoms with Crippen molar-refractivity contribution in [1.82, 2.24) is 15.5 Å². The quantitative estimate of drug-likeness (QED) is 0.528. The second kappa shape index (κ2) is 10.2.